The topological polar surface area (TPSA) is 40.5 Å². The van der Waals surface area contributed by atoms with Gasteiger partial charge in [-0.3, -0.25) is 4.79 Å². The summed E-state index contributed by atoms with van der Waals surface area (Å²) in [4.78, 5) is 12.8. The summed E-state index contributed by atoms with van der Waals surface area (Å²) in [6.45, 7) is 3.02. The summed E-state index contributed by atoms with van der Waals surface area (Å²) in [6.07, 6.45) is 8.51. The number of carboxylic acid groups (broad SMARTS) is 1. The van der Waals surface area contributed by atoms with Gasteiger partial charge in [0.2, 0.25) is 0 Å². The zero-order chi connectivity index (χ0) is 10.7. The Balaban J connectivity index is 1.80. The van der Waals surface area contributed by atoms with E-state index in [1.54, 1.807) is 0 Å². The largest absolute Gasteiger partial charge is 0.481 e. The minimum Gasteiger partial charge on any atom is -0.481 e. The number of carboxylic acids is 1. The maximum Gasteiger partial charge on any atom is 0.304 e. The van der Waals surface area contributed by atoms with Crippen LogP contribution >= 0.6 is 0 Å². The maximum absolute atomic E-state index is 10.5. The summed E-state index contributed by atoms with van der Waals surface area (Å²) in [7, 11) is 0. The number of hydrogen-bond acceptors (Lipinski definition) is 2. The molecule has 1 aliphatic heterocycles. The molecular formula is C12H21NO2. The first-order chi connectivity index (χ1) is 7.20. The molecule has 1 heterocycles. The Morgan fingerprint density at radius 1 is 1.20 bits per heavy atom. The monoisotopic (exact) mass is 211 g/mol. The quantitative estimate of drug-likeness (QED) is 0.777. The van der Waals surface area contributed by atoms with Gasteiger partial charge in [-0.15, -0.1) is 0 Å². The lowest BCUT2D eigenvalue weighted by Crippen LogP contribution is -2.30. The van der Waals surface area contributed by atoms with Crippen molar-refractivity contribution in [1.82, 2.24) is 4.90 Å². The molecule has 0 aromatic rings. The molecule has 1 saturated carbocycles. The molecule has 0 atom stereocenters. The molecule has 2 fully saturated rings. The number of likely N-dealkylation sites (tertiary alicyclic amines) is 1. The van der Waals surface area contributed by atoms with E-state index in [1.807, 2.05) is 0 Å². The molecule has 1 N–H and O–H groups in total. The average Bonchev–Trinajstić information content (AvgIpc) is 2.60. The third kappa shape index (κ3) is 2.71. The molecule has 86 valence electrons. The van der Waals surface area contributed by atoms with Crippen molar-refractivity contribution in [3.05, 3.63) is 0 Å². The number of carbonyl (C=O) groups is 1. The predicted octanol–water partition coefficient (Wildman–Crippen LogP) is 2.12. The van der Waals surface area contributed by atoms with Gasteiger partial charge < -0.3 is 10.0 Å². The Hall–Kier alpha value is -0.570. The smallest absolute Gasteiger partial charge is 0.304 e. The number of nitrogens with zero attached hydrogens (tertiary/aromatic N) is 1. The Morgan fingerprint density at radius 2 is 1.93 bits per heavy atom. The van der Waals surface area contributed by atoms with E-state index in [0.29, 0.717) is 11.8 Å². The molecule has 15 heavy (non-hydrogen) atoms. The standard InChI is InChI=1S/C12H21NO2/c14-11(15)4-8-13-9-7-12(10-13)5-2-1-3-6-12/h1-10H2,(H,14,15). The molecule has 1 saturated heterocycles. The molecule has 2 rings (SSSR count). The first-order valence-corrected chi connectivity index (χ1v) is 6.14. The van der Waals surface area contributed by atoms with Crippen molar-refractivity contribution in [2.24, 2.45) is 5.41 Å². The van der Waals surface area contributed by atoms with Crippen LogP contribution in [0.15, 0.2) is 0 Å². The Kier molecular flexibility index (Phi) is 3.29. The molecule has 2 aliphatic rings. The van der Waals surface area contributed by atoms with Crippen molar-refractivity contribution in [3.8, 4) is 0 Å². The van der Waals surface area contributed by atoms with E-state index in [2.05, 4.69) is 4.90 Å². The number of rotatable bonds is 3. The van der Waals surface area contributed by atoms with Crippen molar-refractivity contribution in [3.63, 3.8) is 0 Å². The van der Waals surface area contributed by atoms with Crippen molar-refractivity contribution in [2.45, 2.75) is 44.9 Å². The maximum atomic E-state index is 10.5. The summed E-state index contributed by atoms with van der Waals surface area (Å²) in [5.74, 6) is -0.667. The van der Waals surface area contributed by atoms with Gasteiger partial charge in [0.15, 0.2) is 0 Å². The average molecular weight is 211 g/mol. The molecule has 1 spiro atoms. The highest BCUT2D eigenvalue weighted by atomic mass is 16.4. The minimum atomic E-state index is -0.667. The van der Waals surface area contributed by atoms with E-state index in [4.69, 9.17) is 5.11 Å². The van der Waals surface area contributed by atoms with Gasteiger partial charge in [-0.05, 0) is 31.2 Å². The van der Waals surface area contributed by atoms with E-state index in [-0.39, 0.29) is 0 Å². The van der Waals surface area contributed by atoms with Crippen molar-refractivity contribution in [2.75, 3.05) is 19.6 Å². The van der Waals surface area contributed by atoms with Gasteiger partial charge in [-0.25, -0.2) is 0 Å². The second-order valence-corrected chi connectivity index (χ2v) is 5.23. The van der Waals surface area contributed by atoms with Gasteiger partial charge in [0.1, 0.15) is 0 Å². The molecular weight excluding hydrogens is 190 g/mol. The van der Waals surface area contributed by atoms with Crippen molar-refractivity contribution >= 4 is 5.97 Å². The van der Waals surface area contributed by atoms with E-state index < -0.39 is 5.97 Å². The third-order valence-electron chi connectivity index (χ3n) is 4.07. The van der Waals surface area contributed by atoms with Gasteiger partial charge in [-0.2, -0.15) is 0 Å². The summed E-state index contributed by atoms with van der Waals surface area (Å²) >= 11 is 0. The fraction of sp³-hybridized carbons (Fsp3) is 0.917. The molecule has 0 bridgehead atoms. The normalized spacial score (nSPS) is 25.9. The van der Waals surface area contributed by atoms with Crippen LogP contribution < -0.4 is 0 Å². The molecule has 3 heteroatoms. The second-order valence-electron chi connectivity index (χ2n) is 5.23. The van der Waals surface area contributed by atoms with Gasteiger partial charge in [-0.1, -0.05) is 19.3 Å². The van der Waals surface area contributed by atoms with Crippen molar-refractivity contribution in [1.29, 1.82) is 0 Å². The molecule has 0 aromatic carbocycles. The van der Waals surface area contributed by atoms with Crippen LogP contribution in [-0.2, 0) is 4.79 Å². The fourth-order valence-corrected chi connectivity index (χ4v) is 3.18. The summed E-state index contributed by atoms with van der Waals surface area (Å²) < 4.78 is 0. The van der Waals surface area contributed by atoms with Gasteiger partial charge >= 0.3 is 5.97 Å². The molecule has 3 nitrogen and oxygen atoms in total. The van der Waals surface area contributed by atoms with Crippen LogP contribution in [0.5, 0.6) is 0 Å². The summed E-state index contributed by atoms with van der Waals surface area (Å²) in [5, 5.41) is 8.65. The Morgan fingerprint density at radius 3 is 2.60 bits per heavy atom. The lowest BCUT2D eigenvalue weighted by Gasteiger charge is -2.33. The van der Waals surface area contributed by atoms with E-state index in [9.17, 15) is 4.79 Å². The van der Waals surface area contributed by atoms with Crippen LogP contribution in [0.4, 0.5) is 0 Å². The Labute approximate surface area is 91.5 Å². The van der Waals surface area contributed by atoms with Gasteiger partial charge in [0, 0.05) is 13.1 Å². The molecule has 0 amide bonds. The highest BCUT2D eigenvalue weighted by Crippen LogP contribution is 2.43. The van der Waals surface area contributed by atoms with Crippen LogP contribution in [0.25, 0.3) is 0 Å². The highest BCUT2D eigenvalue weighted by Gasteiger charge is 2.38. The summed E-state index contributed by atoms with van der Waals surface area (Å²) in [6, 6.07) is 0. The van der Waals surface area contributed by atoms with E-state index in [0.717, 1.165) is 19.6 Å². The molecule has 0 aromatic heterocycles. The van der Waals surface area contributed by atoms with Gasteiger partial charge in [0.25, 0.3) is 0 Å². The summed E-state index contributed by atoms with van der Waals surface area (Å²) in [5.41, 5.74) is 0.566. The first-order valence-electron chi connectivity index (χ1n) is 6.14. The molecule has 0 unspecified atom stereocenters. The lowest BCUT2D eigenvalue weighted by molar-refractivity contribution is -0.137. The zero-order valence-corrected chi connectivity index (χ0v) is 9.37. The van der Waals surface area contributed by atoms with Crippen LogP contribution in [0.2, 0.25) is 0 Å². The number of aliphatic carboxylic acids is 1. The zero-order valence-electron chi connectivity index (χ0n) is 9.37. The lowest BCUT2D eigenvalue weighted by atomic mass is 9.73. The van der Waals surface area contributed by atoms with Gasteiger partial charge in [0.05, 0.1) is 6.42 Å². The Bertz CT molecular complexity index is 234. The van der Waals surface area contributed by atoms with Crippen LogP contribution in [0.1, 0.15) is 44.9 Å². The van der Waals surface area contributed by atoms with Crippen molar-refractivity contribution < 1.29 is 9.90 Å². The van der Waals surface area contributed by atoms with Crippen LogP contribution in [0, 0.1) is 5.41 Å². The molecule has 1 aliphatic carbocycles. The van der Waals surface area contributed by atoms with E-state index >= 15 is 0 Å². The predicted molar refractivity (Wildman–Crippen MR) is 58.8 cm³/mol. The highest BCUT2D eigenvalue weighted by molar-refractivity contribution is 5.66. The fourth-order valence-electron chi connectivity index (χ4n) is 3.18. The second kappa shape index (κ2) is 4.52. The van der Waals surface area contributed by atoms with Crippen LogP contribution in [-0.4, -0.2) is 35.6 Å². The van der Waals surface area contributed by atoms with E-state index in [1.165, 1.54) is 38.5 Å². The van der Waals surface area contributed by atoms with Crippen LogP contribution in [0.3, 0.4) is 0 Å². The molecule has 0 radical (unpaired) electrons. The number of hydrogen-bond donors (Lipinski definition) is 1. The third-order valence-corrected chi connectivity index (χ3v) is 4.07. The SMILES string of the molecule is O=C(O)CCN1CCC2(CCCCC2)C1. The first kappa shape index (κ1) is 10.9. The minimum absolute atomic E-state index is 0.302.